The molecule has 3 heterocycles. The van der Waals surface area contributed by atoms with E-state index < -0.39 is 0 Å². The molecule has 21 heavy (non-hydrogen) atoms. The van der Waals surface area contributed by atoms with Gasteiger partial charge in [0.05, 0.1) is 23.8 Å². The van der Waals surface area contributed by atoms with E-state index in [4.69, 9.17) is 9.72 Å². The molecule has 4 rings (SSSR count). The summed E-state index contributed by atoms with van der Waals surface area (Å²) < 4.78 is 7.56. The molecule has 2 aliphatic rings. The average Bonchev–Trinajstić information content (AvgIpc) is 3.07. The van der Waals surface area contributed by atoms with Crippen molar-refractivity contribution in [2.75, 3.05) is 26.3 Å². The number of allylic oxidation sites excluding steroid dienone is 4. The zero-order valence-corrected chi connectivity index (χ0v) is 12.8. The maximum Gasteiger partial charge on any atom is 0.194 e. The molecule has 5 heteroatoms. The van der Waals surface area contributed by atoms with Crippen molar-refractivity contribution >= 4 is 21.9 Å². The van der Waals surface area contributed by atoms with Gasteiger partial charge in [0.2, 0.25) is 0 Å². The number of aromatic nitrogens is 2. The predicted molar refractivity (Wildman–Crippen MR) is 85.5 cm³/mol. The third kappa shape index (κ3) is 2.81. The van der Waals surface area contributed by atoms with Crippen molar-refractivity contribution in [1.82, 2.24) is 14.3 Å². The summed E-state index contributed by atoms with van der Waals surface area (Å²) in [6.07, 6.45) is 13.3. The van der Waals surface area contributed by atoms with E-state index >= 15 is 0 Å². The molecule has 0 bridgehead atoms. The molecular weight excluding hydrogens is 282 g/mol. The number of ether oxygens (including phenoxy) is 1. The molecule has 0 saturated carbocycles. The summed E-state index contributed by atoms with van der Waals surface area (Å²) in [5, 5.41) is 0. The lowest BCUT2D eigenvalue weighted by atomic mass is 10.0. The van der Waals surface area contributed by atoms with Crippen LogP contribution in [0.15, 0.2) is 30.6 Å². The molecule has 1 aliphatic carbocycles. The van der Waals surface area contributed by atoms with Crippen LogP contribution in [0.25, 0.3) is 10.5 Å². The molecule has 2 aromatic rings. The predicted octanol–water partition coefficient (Wildman–Crippen LogP) is 2.96. The normalized spacial score (nSPS) is 20.1. The van der Waals surface area contributed by atoms with Crippen LogP contribution in [0.3, 0.4) is 0 Å². The number of imidazole rings is 1. The molecule has 0 spiro atoms. The standard InChI is InChI=1S/C16H19N3OS/c1-2-4-13(5-3-1)15-12-19-11-14(17-16(19)21-15)10-18-6-8-20-9-7-18/h1-2,4,11-12H,3,5-10H2. The monoisotopic (exact) mass is 301 g/mol. The largest absolute Gasteiger partial charge is 0.379 e. The van der Waals surface area contributed by atoms with Gasteiger partial charge in [-0.1, -0.05) is 29.6 Å². The first-order chi connectivity index (χ1) is 10.4. The first kappa shape index (κ1) is 13.2. The molecule has 0 N–H and O–H groups in total. The van der Waals surface area contributed by atoms with Crippen LogP contribution in [-0.2, 0) is 11.3 Å². The third-order valence-electron chi connectivity index (χ3n) is 4.03. The molecule has 1 aliphatic heterocycles. The Kier molecular flexibility index (Phi) is 3.63. The van der Waals surface area contributed by atoms with Gasteiger partial charge in [0, 0.05) is 32.0 Å². The third-order valence-corrected chi connectivity index (χ3v) is 5.10. The second-order valence-corrected chi connectivity index (χ2v) is 6.57. The van der Waals surface area contributed by atoms with E-state index in [9.17, 15) is 0 Å². The fourth-order valence-electron chi connectivity index (χ4n) is 2.87. The van der Waals surface area contributed by atoms with Crippen molar-refractivity contribution in [3.05, 3.63) is 41.2 Å². The number of morpholine rings is 1. The maximum atomic E-state index is 5.39. The van der Waals surface area contributed by atoms with Crippen LogP contribution < -0.4 is 0 Å². The van der Waals surface area contributed by atoms with Crippen LogP contribution in [0.4, 0.5) is 0 Å². The number of nitrogens with zero attached hydrogens (tertiary/aromatic N) is 3. The van der Waals surface area contributed by atoms with Gasteiger partial charge in [0.1, 0.15) is 0 Å². The Morgan fingerprint density at radius 2 is 2.14 bits per heavy atom. The van der Waals surface area contributed by atoms with Crippen LogP contribution >= 0.6 is 11.3 Å². The molecule has 4 nitrogen and oxygen atoms in total. The quantitative estimate of drug-likeness (QED) is 0.873. The summed E-state index contributed by atoms with van der Waals surface area (Å²) in [6, 6.07) is 0. The summed E-state index contributed by atoms with van der Waals surface area (Å²) in [7, 11) is 0. The zero-order chi connectivity index (χ0) is 14.1. The summed E-state index contributed by atoms with van der Waals surface area (Å²) in [5.74, 6) is 0. The Balaban J connectivity index is 1.53. The average molecular weight is 301 g/mol. The summed E-state index contributed by atoms with van der Waals surface area (Å²) in [5.41, 5.74) is 2.59. The van der Waals surface area contributed by atoms with Crippen molar-refractivity contribution in [3.8, 4) is 0 Å². The van der Waals surface area contributed by atoms with Crippen molar-refractivity contribution < 1.29 is 4.74 Å². The van der Waals surface area contributed by atoms with Crippen molar-refractivity contribution in [2.24, 2.45) is 0 Å². The van der Waals surface area contributed by atoms with Crippen molar-refractivity contribution in [2.45, 2.75) is 19.4 Å². The topological polar surface area (TPSA) is 29.8 Å². The summed E-state index contributed by atoms with van der Waals surface area (Å²) in [6.45, 7) is 4.63. The Hall–Kier alpha value is -1.43. The van der Waals surface area contributed by atoms with Crippen LogP contribution in [0, 0.1) is 0 Å². The maximum absolute atomic E-state index is 5.39. The van der Waals surface area contributed by atoms with Crippen molar-refractivity contribution in [1.29, 1.82) is 0 Å². The van der Waals surface area contributed by atoms with Crippen LogP contribution in [0.2, 0.25) is 0 Å². The first-order valence-corrected chi connectivity index (χ1v) is 8.34. The molecule has 1 saturated heterocycles. The lowest BCUT2D eigenvalue weighted by molar-refractivity contribution is 0.0337. The van der Waals surface area contributed by atoms with Gasteiger partial charge in [-0.15, -0.1) is 0 Å². The Bertz CT molecular complexity index is 660. The van der Waals surface area contributed by atoms with Gasteiger partial charge in [0.25, 0.3) is 0 Å². The molecule has 0 unspecified atom stereocenters. The number of rotatable bonds is 3. The van der Waals surface area contributed by atoms with E-state index in [-0.39, 0.29) is 0 Å². The van der Waals surface area contributed by atoms with E-state index in [1.807, 2.05) is 0 Å². The molecule has 110 valence electrons. The summed E-state index contributed by atoms with van der Waals surface area (Å²) >= 11 is 1.79. The van der Waals surface area contributed by atoms with Gasteiger partial charge in [-0.2, -0.15) is 0 Å². The van der Waals surface area contributed by atoms with E-state index in [1.54, 1.807) is 11.3 Å². The van der Waals surface area contributed by atoms with E-state index in [0.717, 1.165) is 56.3 Å². The first-order valence-electron chi connectivity index (χ1n) is 7.52. The fraction of sp³-hybridized carbons (Fsp3) is 0.438. The molecule has 0 amide bonds. The molecule has 2 aromatic heterocycles. The Labute approximate surface area is 128 Å². The highest BCUT2D eigenvalue weighted by atomic mass is 32.1. The van der Waals surface area contributed by atoms with Gasteiger partial charge in [-0.25, -0.2) is 4.98 Å². The number of hydrogen-bond acceptors (Lipinski definition) is 4. The van der Waals surface area contributed by atoms with Gasteiger partial charge in [-0.05, 0) is 18.4 Å². The minimum Gasteiger partial charge on any atom is -0.379 e. The Morgan fingerprint density at radius 3 is 2.90 bits per heavy atom. The highest BCUT2D eigenvalue weighted by Gasteiger charge is 2.14. The van der Waals surface area contributed by atoms with Gasteiger partial charge in [0.15, 0.2) is 4.96 Å². The Morgan fingerprint density at radius 1 is 1.24 bits per heavy atom. The van der Waals surface area contributed by atoms with E-state index in [0.29, 0.717) is 0 Å². The lowest BCUT2D eigenvalue weighted by Crippen LogP contribution is -2.35. The number of thiazole rings is 1. The highest BCUT2D eigenvalue weighted by molar-refractivity contribution is 7.18. The van der Waals surface area contributed by atoms with Crippen LogP contribution in [-0.4, -0.2) is 40.6 Å². The number of hydrogen-bond donors (Lipinski definition) is 0. The second kappa shape index (κ2) is 5.75. The fourth-order valence-corrected chi connectivity index (χ4v) is 3.90. The minimum atomic E-state index is 0.841. The van der Waals surface area contributed by atoms with Crippen molar-refractivity contribution in [3.63, 3.8) is 0 Å². The van der Waals surface area contributed by atoms with Gasteiger partial charge < -0.3 is 4.74 Å². The summed E-state index contributed by atoms with van der Waals surface area (Å²) in [4.78, 5) is 9.63. The lowest BCUT2D eigenvalue weighted by Gasteiger charge is -2.25. The number of fused-ring (bicyclic) bond motifs is 1. The minimum absolute atomic E-state index is 0.841. The smallest absolute Gasteiger partial charge is 0.194 e. The highest BCUT2D eigenvalue weighted by Crippen LogP contribution is 2.30. The molecule has 0 atom stereocenters. The van der Waals surface area contributed by atoms with Crippen LogP contribution in [0.1, 0.15) is 23.4 Å². The zero-order valence-electron chi connectivity index (χ0n) is 12.0. The van der Waals surface area contributed by atoms with E-state index in [2.05, 4.69) is 39.9 Å². The van der Waals surface area contributed by atoms with Gasteiger partial charge >= 0.3 is 0 Å². The molecule has 0 aromatic carbocycles. The SMILES string of the molecule is C1=CCCC(c2cn3cc(CN4CCOCC4)nc3s2)=C1. The van der Waals surface area contributed by atoms with Crippen LogP contribution in [0.5, 0.6) is 0 Å². The van der Waals surface area contributed by atoms with Gasteiger partial charge in [-0.3, -0.25) is 9.30 Å². The molecule has 0 radical (unpaired) electrons. The molecule has 1 fully saturated rings. The molecular formula is C16H19N3OS. The second-order valence-electron chi connectivity index (χ2n) is 5.56. The van der Waals surface area contributed by atoms with E-state index in [1.165, 1.54) is 10.5 Å².